The molecule has 0 spiro atoms. The van der Waals surface area contributed by atoms with E-state index in [0.717, 1.165) is 22.5 Å². The molecule has 0 saturated heterocycles. The first-order valence-electron chi connectivity index (χ1n) is 6.60. The molecule has 3 heteroatoms. The third kappa shape index (κ3) is 3.07. The first-order valence-corrected chi connectivity index (χ1v) is 6.60. The van der Waals surface area contributed by atoms with Crippen molar-refractivity contribution in [3.05, 3.63) is 84.5 Å². The van der Waals surface area contributed by atoms with Crippen LogP contribution in [-0.2, 0) is 0 Å². The van der Waals surface area contributed by atoms with E-state index in [9.17, 15) is 0 Å². The first kappa shape index (κ1) is 12.9. The lowest BCUT2D eigenvalue weighted by atomic mass is 10.1. The number of rotatable bonds is 3. The maximum absolute atomic E-state index is 6.94. The summed E-state index contributed by atoms with van der Waals surface area (Å²) in [5.74, 6) is 0. The van der Waals surface area contributed by atoms with Crippen molar-refractivity contribution < 1.29 is 0 Å². The molecule has 0 aliphatic heterocycles. The normalized spacial score (nSPS) is 9.86. The molecule has 0 unspecified atom stereocenters. The molecule has 0 bridgehead atoms. The second-order valence-corrected chi connectivity index (χ2v) is 4.60. The van der Waals surface area contributed by atoms with Crippen molar-refractivity contribution in [2.24, 2.45) is 0 Å². The Morgan fingerprint density at radius 1 is 0.714 bits per heavy atom. The quantitative estimate of drug-likeness (QED) is 0.676. The van der Waals surface area contributed by atoms with Gasteiger partial charge in [0.05, 0.1) is 6.57 Å². The second kappa shape index (κ2) is 5.89. The van der Waals surface area contributed by atoms with Crippen LogP contribution < -0.4 is 5.32 Å². The van der Waals surface area contributed by atoms with Crippen LogP contribution in [0.3, 0.4) is 0 Å². The van der Waals surface area contributed by atoms with Gasteiger partial charge in [-0.25, -0.2) is 4.85 Å². The maximum atomic E-state index is 6.94. The third-order valence-electron chi connectivity index (χ3n) is 3.18. The van der Waals surface area contributed by atoms with Crippen molar-refractivity contribution in [2.45, 2.75) is 0 Å². The molecule has 21 heavy (non-hydrogen) atoms. The Kier molecular flexibility index (Phi) is 3.62. The zero-order valence-corrected chi connectivity index (χ0v) is 11.3. The molecule has 3 aromatic rings. The summed E-state index contributed by atoms with van der Waals surface area (Å²) in [5, 5.41) is 3.32. The molecular formula is C18H13N3. The largest absolute Gasteiger partial charge is 0.356 e. The van der Waals surface area contributed by atoms with Gasteiger partial charge in [-0.1, -0.05) is 24.3 Å². The van der Waals surface area contributed by atoms with E-state index in [2.05, 4.69) is 27.3 Å². The Morgan fingerprint density at radius 3 is 1.81 bits per heavy atom. The van der Waals surface area contributed by atoms with Crippen LogP contribution in [0.15, 0.2) is 73.1 Å². The van der Waals surface area contributed by atoms with Gasteiger partial charge in [0.25, 0.3) is 0 Å². The second-order valence-electron chi connectivity index (χ2n) is 4.60. The number of benzene rings is 2. The molecule has 0 amide bonds. The molecule has 100 valence electrons. The highest BCUT2D eigenvalue weighted by Crippen LogP contribution is 2.24. The van der Waals surface area contributed by atoms with Crippen LogP contribution in [0.4, 0.5) is 17.1 Å². The molecule has 2 aromatic carbocycles. The van der Waals surface area contributed by atoms with Gasteiger partial charge >= 0.3 is 0 Å². The topological polar surface area (TPSA) is 29.3 Å². The van der Waals surface area contributed by atoms with Crippen molar-refractivity contribution in [1.82, 2.24) is 4.98 Å². The Balaban J connectivity index is 1.76. The highest BCUT2D eigenvalue weighted by molar-refractivity contribution is 5.68. The Labute approximate surface area is 123 Å². The Bertz CT molecular complexity index is 754. The van der Waals surface area contributed by atoms with Crippen LogP contribution in [0.5, 0.6) is 0 Å². The number of aromatic nitrogens is 1. The minimum Gasteiger partial charge on any atom is -0.356 e. The number of nitrogens with one attached hydrogen (secondary N) is 1. The summed E-state index contributed by atoms with van der Waals surface area (Å²) in [7, 11) is 0. The van der Waals surface area contributed by atoms with Crippen molar-refractivity contribution in [3.8, 4) is 11.1 Å². The molecule has 0 aliphatic carbocycles. The molecule has 0 fully saturated rings. The molecule has 0 radical (unpaired) electrons. The van der Waals surface area contributed by atoms with Gasteiger partial charge in [0, 0.05) is 23.8 Å². The van der Waals surface area contributed by atoms with Crippen LogP contribution in [-0.4, -0.2) is 4.98 Å². The average molecular weight is 271 g/mol. The monoisotopic (exact) mass is 271 g/mol. The lowest BCUT2D eigenvalue weighted by molar-refractivity contribution is 1.33. The molecule has 1 aromatic heterocycles. The van der Waals surface area contributed by atoms with E-state index in [1.54, 1.807) is 24.5 Å². The van der Waals surface area contributed by atoms with Crippen LogP contribution in [0.25, 0.3) is 16.0 Å². The highest BCUT2D eigenvalue weighted by Gasteiger charge is 1.98. The van der Waals surface area contributed by atoms with Crippen LogP contribution in [0.1, 0.15) is 0 Å². The van der Waals surface area contributed by atoms with E-state index in [4.69, 9.17) is 6.57 Å². The average Bonchev–Trinajstić information content (AvgIpc) is 2.57. The number of nitrogens with zero attached hydrogens (tertiary/aromatic N) is 2. The van der Waals surface area contributed by atoms with Gasteiger partial charge in [0.2, 0.25) is 0 Å². The van der Waals surface area contributed by atoms with Gasteiger partial charge in [0.1, 0.15) is 0 Å². The summed E-state index contributed by atoms with van der Waals surface area (Å²) < 4.78 is 0. The number of hydrogen-bond donors (Lipinski definition) is 1. The first-order chi connectivity index (χ1) is 10.3. The van der Waals surface area contributed by atoms with Crippen molar-refractivity contribution in [1.29, 1.82) is 0 Å². The van der Waals surface area contributed by atoms with E-state index < -0.39 is 0 Å². The molecule has 0 atom stereocenters. The predicted molar refractivity (Wildman–Crippen MR) is 85.7 cm³/mol. The molecule has 0 aliphatic rings. The van der Waals surface area contributed by atoms with Gasteiger partial charge < -0.3 is 5.32 Å². The summed E-state index contributed by atoms with van der Waals surface area (Å²) in [6.45, 7) is 6.94. The molecule has 1 heterocycles. The summed E-state index contributed by atoms with van der Waals surface area (Å²) in [5.41, 5.74) is 4.94. The van der Waals surface area contributed by atoms with Gasteiger partial charge in [-0.15, -0.1) is 0 Å². The molecule has 1 N–H and O–H groups in total. The maximum Gasteiger partial charge on any atom is 0.187 e. The van der Waals surface area contributed by atoms with E-state index in [0.29, 0.717) is 5.69 Å². The molecule has 3 nitrogen and oxygen atoms in total. The fourth-order valence-electron chi connectivity index (χ4n) is 2.08. The van der Waals surface area contributed by atoms with Crippen molar-refractivity contribution in [2.75, 3.05) is 5.32 Å². The van der Waals surface area contributed by atoms with Crippen molar-refractivity contribution in [3.63, 3.8) is 0 Å². The van der Waals surface area contributed by atoms with Crippen LogP contribution in [0.2, 0.25) is 0 Å². The van der Waals surface area contributed by atoms with Gasteiger partial charge in [-0.05, 0) is 47.5 Å². The zero-order valence-electron chi connectivity index (χ0n) is 11.3. The molecular weight excluding hydrogens is 258 g/mol. The van der Waals surface area contributed by atoms with Crippen molar-refractivity contribution >= 4 is 17.1 Å². The Hall–Kier alpha value is -3.12. The Morgan fingerprint density at radius 2 is 1.24 bits per heavy atom. The smallest absolute Gasteiger partial charge is 0.187 e. The van der Waals surface area contributed by atoms with E-state index in [1.165, 1.54) is 0 Å². The summed E-state index contributed by atoms with van der Waals surface area (Å²) in [6, 6.07) is 19.6. The number of pyridine rings is 1. The van der Waals surface area contributed by atoms with Crippen LogP contribution >= 0.6 is 0 Å². The summed E-state index contributed by atoms with van der Waals surface area (Å²) in [6.07, 6.45) is 3.58. The minimum absolute atomic E-state index is 0.647. The summed E-state index contributed by atoms with van der Waals surface area (Å²) >= 11 is 0. The highest BCUT2D eigenvalue weighted by atomic mass is 14.9. The van der Waals surface area contributed by atoms with Gasteiger partial charge in [-0.3, -0.25) is 4.98 Å². The predicted octanol–water partition coefficient (Wildman–Crippen LogP) is 5.04. The molecule has 3 rings (SSSR count). The summed E-state index contributed by atoms with van der Waals surface area (Å²) in [4.78, 5) is 7.41. The van der Waals surface area contributed by atoms with Gasteiger partial charge in [-0.2, -0.15) is 0 Å². The molecule has 0 saturated carbocycles. The standard InChI is InChI=1S/C18H13N3/c1-19-16-6-8-18(9-7-16)21-17-4-2-14(3-5-17)15-10-12-20-13-11-15/h2-13,21H. The van der Waals surface area contributed by atoms with E-state index in [-0.39, 0.29) is 0 Å². The fraction of sp³-hybridized carbons (Fsp3) is 0. The zero-order chi connectivity index (χ0) is 14.5. The lowest BCUT2D eigenvalue weighted by Crippen LogP contribution is -1.89. The lowest BCUT2D eigenvalue weighted by Gasteiger charge is -2.08. The van der Waals surface area contributed by atoms with E-state index >= 15 is 0 Å². The van der Waals surface area contributed by atoms with Crippen LogP contribution in [0, 0.1) is 6.57 Å². The fourth-order valence-corrected chi connectivity index (χ4v) is 2.08. The third-order valence-corrected chi connectivity index (χ3v) is 3.18. The number of anilines is 2. The van der Waals surface area contributed by atoms with Gasteiger partial charge in [0.15, 0.2) is 5.69 Å². The minimum atomic E-state index is 0.647. The van der Waals surface area contributed by atoms with E-state index in [1.807, 2.05) is 36.4 Å². The number of hydrogen-bond acceptors (Lipinski definition) is 2. The SMILES string of the molecule is [C-]#[N+]c1ccc(Nc2ccc(-c3ccncc3)cc2)cc1.